The molecular formula is C16H16ClNO5S2. The zero-order valence-electron chi connectivity index (χ0n) is 13.5. The first kappa shape index (κ1) is 19.6. The molecule has 0 atom stereocenters. The van der Waals surface area contributed by atoms with Gasteiger partial charge in [-0.15, -0.1) is 11.3 Å². The molecule has 25 heavy (non-hydrogen) atoms. The van der Waals surface area contributed by atoms with Crippen LogP contribution >= 0.6 is 22.9 Å². The topological polar surface area (TPSA) is 89.5 Å². The van der Waals surface area contributed by atoms with E-state index < -0.39 is 34.9 Å². The Morgan fingerprint density at radius 1 is 1.20 bits per heavy atom. The molecule has 0 radical (unpaired) electrons. The van der Waals surface area contributed by atoms with E-state index in [1.165, 1.54) is 12.1 Å². The van der Waals surface area contributed by atoms with Gasteiger partial charge in [-0.1, -0.05) is 23.7 Å². The SMILES string of the molecule is Cc1ccc(C)c(S(=O)(=O)NCC(=O)OCC(=O)c2ccc(Cl)s2)c1. The highest BCUT2D eigenvalue weighted by Crippen LogP contribution is 2.21. The van der Waals surface area contributed by atoms with Crippen molar-refractivity contribution < 1.29 is 22.7 Å². The molecule has 0 saturated carbocycles. The molecule has 0 unspecified atom stereocenters. The van der Waals surface area contributed by atoms with Gasteiger partial charge < -0.3 is 4.74 Å². The van der Waals surface area contributed by atoms with Crippen LogP contribution in [0.25, 0.3) is 0 Å². The molecule has 0 fully saturated rings. The van der Waals surface area contributed by atoms with Crippen LogP contribution in [0.1, 0.15) is 20.8 Å². The molecule has 0 aliphatic rings. The van der Waals surface area contributed by atoms with Crippen LogP contribution in [0.4, 0.5) is 0 Å². The van der Waals surface area contributed by atoms with Crippen LogP contribution in [-0.2, 0) is 19.6 Å². The zero-order valence-corrected chi connectivity index (χ0v) is 15.9. The standard InChI is InChI=1S/C16H16ClNO5S2/c1-10-3-4-11(2)14(7-10)25(21,22)18-8-16(20)23-9-12(19)13-5-6-15(17)24-13/h3-7,18H,8-9H2,1-2H3. The Labute approximate surface area is 154 Å². The summed E-state index contributed by atoms with van der Waals surface area (Å²) in [7, 11) is -3.85. The lowest BCUT2D eigenvalue weighted by Crippen LogP contribution is -2.32. The Kier molecular flexibility index (Phi) is 6.34. The average Bonchev–Trinajstić information content (AvgIpc) is 2.99. The van der Waals surface area contributed by atoms with Crippen LogP contribution in [0.3, 0.4) is 0 Å². The highest BCUT2D eigenvalue weighted by molar-refractivity contribution is 7.89. The molecule has 0 amide bonds. The van der Waals surface area contributed by atoms with Crippen molar-refractivity contribution in [3.05, 3.63) is 50.7 Å². The third kappa shape index (κ3) is 5.37. The maximum Gasteiger partial charge on any atom is 0.321 e. The van der Waals surface area contributed by atoms with E-state index in [-0.39, 0.29) is 4.90 Å². The van der Waals surface area contributed by atoms with Crippen LogP contribution in [0.5, 0.6) is 0 Å². The maximum atomic E-state index is 12.3. The number of benzene rings is 1. The summed E-state index contributed by atoms with van der Waals surface area (Å²) in [5.41, 5.74) is 1.35. The molecule has 0 aliphatic carbocycles. The van der Waals surface area contributed by atoms with Crippen molar-refractivity contribution in [2.45, 2.75) is 18.7 Å². The lowest BCUT2D eigenvalue weighted by atomic mass is 10.2. The first-order valence-electron chi connectivity index (χ1n) is 7.20. The molecule has 1 aromatic heterocycles. The molecule has 134 valence electrons. The highest BCUT2D eigenvalue weighted by Gasteiger charge is 2.19. The second kappa shape index (κ2) is 8.09. The van der Waals surface area contributed by atoms with Crippen molar-refractivity contribution in [3.63, 3.8) is 0 Å². The van der Waals surface area contributed by atoms with Crippen LogP contribution < -0.4 is 4.72 Å². The smallest absolute Gasteiger partial charge is 0.321 e. The number of Topliss-reactive ketones (excluding diaryl/α,β-unsaturated/α-hetero) is 1. The number of thiophene rings is 1. The fourth-order valence-corrected chi connectivity index (χ4v) is 4.22. The summed E-state index contributed by atoms with van der Waals surface area (Å²) >= 11 is 6.81. The molecule has 1 N–H and O–H groups in total. The van der Waals surface area contributed by atoms with Gasteiger partial charge in [-0.05, 0) is 43.2 Å². The van der Waals surface area contributed by atoms with Gasteiger partial charge in [0.25, 0.3) is 0 Å². The summed E-state index contributed by atoms with van der Waals surface area (Å²) in [6, 6.07) is 8.11. The lowest BCUT2D eigenvalue weighted by Gasteiger charge is -2.10. The number of halogens is 1. The minimum absolute atomic E-state index is 0.101. The van der Waals surface area contributed by atoms with Gasteiger partial charge in [0.1, 0.15) is 6.54 Å². The summed E-state index contributed by atoms with van der Waals surface area (Å²) in [4.78, 5) is 24.0. The van der Waals surface area contributed by atoms with Gasteiger partial charge in [0, 0.05) is 0 Å². The van der Waals surface area contributed by atoms with E-state index in [2.05, 4.69) is 4.72 Å². The summed E-state index contributed by atoms with van der Waals surface area (Å²) in [6.07, 6.45) is 0. The van der Waals surface area contributed by atoms with Gasteiger partial charge in [0.15, 0.2) is 6.61 Å². The van der Waals surface area contributed by atoms with E-state index in [0.717, 1.165) is 16.9 Å². The molecule has 1 heterocycles. The molecule has 6 nitrogen and oxygen atoms in total. The third-order valence-corrected chi connectivity index (χ3v) is 6.07. The number of carbonyl (C=O) groups is 2. The number of hydrogen-bond donors (Lipinski definition) is 1. The molecule has 0 bridgehead atoms. The zero-order chi connectivity index (χ0) is 18.6. The van der Waals surface area contributed by atoms with E-state index in [9.17, 15) is 18.0 Å². The number of nitrogens with one attached hydrogen (secondary N) is 1. The first-order valence-corrected chi connectivity index (χ1v) is 9.88. The number of ketones is 1. The molecule has 9 heteroatoms. The number of carbonyl (C=O) groups excluding carboxylic acids is 2. The third-order valence-electron chi connectivity index (χ3n) is 3.25. The lowest BCUT2D eigenvalue weighted by molar-refractivity contribution is -0.141. The Bertz CT molecular complexity index is 905. The second-order valence-electron chi connectivity index (χ2n) is 5.28. The van der Waals surface area contributed by atoms with Crippen molar-refractivity contribution in [3.8, 4) is 0 Å². The number of hydrogen-bond acceptors (Lipinski definition) is 6. The maximum absolute atomic E-state index is 12.3. The number of rotatable bonds is 7. The molecular weight excluding hydrogens is 386 g/mol. The summed E-state index contributed by atoms with van der Waals surface area (Å²) in [5.74, 6) is -1.24. The molecule has 0 aliphatic heterocycles. The van der Waals surface area contributed by atoms with E-state index in [1.54, 1.807) is 32.0 Å². The molecule has 2 rings (SSSR count). The van der Waals surface area contributed by atoms with E-state index in [1.807, 2.05) is 0 Å². The fraction of sp³-hybridized carbons (Fsp3) is 0.250. The second-order valence-corrected chi connectivity index (χ2v) is 8.73. The summed E-state index contributed by atoms with van der Waals surface area (Å²) in [5, 5.41) is 0. The Balaban J connectivity index is 1.90. The van der Waals surface area contributed by atoms with Gasteiger partial charge >= 0.3 is 5.97 Å². The van der Waals surface area contributed by atoms with Crippen LogP contribution in [0.2, 0.25) is 4.34 Å². The van der Waals surface area contributed by atoms with Gasteiger partial charge in [0.05, 0.1) is 14.1 Å². The van der Waals surface area contributed by atoms with Gasteiger partial charge in [-0.2, -0.15) is 4.72 Å². The predicted molar refractivity (Wildman–Crippen MR) is 95.7 cm³/mol. The van der Waals surface area contributed by atoms with Crippen LogP contribution in [0, 0.1) is 13.8 Å². The molecule has 0 saturated heterocycles. The number of aryl methyl sites for hydroxylation is 2. The highest BCUT2D eigenvalue weighted by atomic mass is 35.5. The number of esters is 1. The van der Waals surface area contributed by atoms with E-state index in [4.69, 9.17) is 16.3 Å². The first-order chi connectivity index (χ1) is 11.7. The van der Waals surface area contributed by atoms with Crippen molar-refractivity contribution in [2.75, 3.05) is 13.2 Å². The quantitative estimate of drug-likeness (QED) is 0.569. The van der Waals surface area contributed by atoms with Crippen LogP contribution in [-0.4, -0.2) is 33.3 Å². The van der Waals surface area contributed by atoms with Gasteiger partial charge in [-0.3, -0.25) is 9.59 Å². The van der Waals surface area contributed by atoms with Crippen molar-refractivity contribution in [2.24, 2.45) is 0 Å². The number of sulfonamides is 1. The fourth-order valence-electron chi connectivity index (χ4n) is 1.96. The Morgan fingerprint density at radius 2 is 1.92 bits per heavy atom. The van der Waals surface area contributed by atoms with E-state index in [0.29, 0.717) is 14.8 Å². The van der Waals surface area contributed by atoms with E-state index >= 15 is 0 Å². The summed E-state index contributed by atoms with van der Waals surface area (Å²) in [6.45, 7) is 2.40. The predicted octanol–water partition coefficient (Wildman–Crippen LogP) is 2.72. The molecule has 1 aromatic carbocycles. The molecule has 2 aromatic rings. The minimum Gasteiger partial charge on any atom is -0.456 e. The average molecular weight is 402 g/mol. The van der Waals surface area contributed by atoms with Gasteiger partial charge in [0.2, 0.25) is 15.8 Å². The minimum atomic E-state index is -3.85. The van der Waals surface area contributed by atoms with Crippen molar-refractivity contribution in [1.82, 2.24) is 4.72 Å². The Morgan fingerprint density at radius 3 is 2.56 bits per heavy atom. The van der Waals surface area contributed by atoms with Crippen LogP contribution in [0.15, 0.2) is 35.2 Å². The summed E-state index contributed by atoms with van der Waals surface area (Å²) < 4.78 is 32.0. The largest absolute Gasteiger partial charge is 0.456 e. The van der Waals surface area contributed by atoms with Crippen molar-refractivity contribution in [1.29, 1.82) is 0 Å². The molecule has 0 spiro atoms. The monoisotopic (exact) mass is 401 g/mol. The Hall–Kier alpha value is -1.74. The number of ether oxygens (including phenoxy) is 1. The normalized spacial score (nSPS) is 11.3. The van der Waals surface area contributed by atoms with Crippen molar-refractivity contribution >= 4 is 44.7 Å². The van der Waals surface area contributed by atoms with Gasteiger partial charge in [-0.25, -0.2) is 8.42 Å².